The minimum atomic E-state index is -0.890. The van der Waals surface area contributed by atoms with Crippen LogP contribution >= 0.6 is 0 Å². The maximum Gasteiger partial charge on any atom is 0.303 e. The molecular weight excluding hydrogens is 272 g/mol. The summed E-state index contributed by atoms with van der Waals surface area (Å²) in [4.78, 5) is 22.3. The summed E-state index contributed by atoms with van der Waals surface area (Å²) in [7, 11) is 0. The number of aliphatic carboxylic acids is 1. The Labute approximate surface area is 123 Å². The van der Waals surface area contributed by atoms with Crippen molar-refractivity contribution in [2.45, 2.75) is 26.4 Å². The lowest BCUT2D eigenvalue weighted by molar-refractivity contribution is -0.138. The average molecular weight is 290 g/mol. The Kier molecular flexibility index (Phi) is 6.21. The smallest absolute Gasteiger partial charge is 0.303 e. The predicted octanol–water partition coefficient (Wildman–Crippen LogP) is 1.55. The fourth-order valence-electron chi connectivity index (χ4n) is 1.65. The van der Waals surface area contributed by atoms with E-state index in [1.54, 1.807) is 38.1 Å². The van der Waals surface area contributed by atoms with Crippen LogP contribution in [-0.2, 0) is 9.59 Å². The molecule has 0 spiro atoms. The van der Waals surface area contributed by atoms with Gasteiger partial charge in [0.25, 0.3) is 5.91 Å². The van der Waals surface area contributed by atoms with Crippen LogP contribution in [0.15, 0.2) is 24.3 Å². The molecule has 0 aliphatic heterocycles. The second kappa shape index (κ2) is 7.90. The van der Waals surface area contributed by atoms with Gasteiger partial charge in [0.2, 0.25) is 0 Å². The Hall–Kier alpha value is -2.55. The van der Waals surface area contributed by atoms with E-state index in [-0.39, 0.29) is 24.8 Å². The topological polar surface area (TPSA) is 99.4 Å². The molecule has 0 saturated heterocycles. The van der Waals surface area contributed by atoms with Gasteiger partial charge in [-0.2, -0.15) is 5.26 Å². The molecule has 1 aromatic carbocycles. The first-order valence-electron chi connectivity index (χ1n) is 6.58. The summed E-state index contributed by atoms with van der Waals surface area (Å²) in [5, 5.41) is 20.0. The van der Waals surface area contributed by atoms with Gasteiger partial charge in [-0.15, -0.1) is 0 Å². The number of carboxylic acids is 1. The number of ether oxygens (including phenoxy) is 1. The van der Waals surface area contributed by atoms with Crippen molar-refractivity contribution in [3.63, 3.8) is 0 Å². The number of hydrogen-bond acceptors (Lipinski definition) is 4. The molecule has 0 aliphatic carbocycles. The molecule has 2 unspecified atom stereocenters. The van der Waals surface area contributed by atoms with Gasteiger partial charge in [0.05, 0.1) is 11.6 Å². The molecule has 0 heterocycles. The van der Waals surface area contributed by atoms with E-state index in [0.29, 0.717) is 11.3 Å². The van der Waals surface area contributed by atoms with Gasteiger partial charge < -0.3 is 15.2 Å². The average Bonchev–Trinajstić information content (AvgIpc) is 2.44. The van der Waals surface area contributed by atoms with Crippen LogP contribution in [-0.4, -0.2) is 29.6 Å². The van der Waals surface area contributed by atoms with Gasteiger partial charge in [-0.25, -0.2) is 0 Å². The molecule has 2 N–H and O–H groups in total. The van der Waals surface area contributed by atoms with Crippen molar-refractivity contribution in [1.82, 2.24) is 5.32 Å². The van der Waals surface area contributed by atoms with Crippen molar-refractivity contribution >= 4 is 11.9 Å². The second-order valence-corrected chi connectivity index (χ2v) is 4.84. The molecule has 0 fully saturated rings. The lowest BCUT2D eigenvalue weighted by Gasteiger charge is -2.16. The van der Waals surface area contributed by atoms with E-state index in [4.69, 9.17) is 15.1 Å². The fraction of sp³-hybridized carbons (Fsp3) is 0.400. The summed E-state index contributed by atoms with van der Waals surface area (Å²) in [6, 6.07) is 8.45. The summed E-state index contributed by atoms with van der Waals surface area (Å²) in [5.41, 5.74) is 0.516. The van der Waals surface area contributed by atoms with E-state index in [1.165, 1.54) is 0 Å². The minimum absolute atomic E-state index is 0.00510. The van der Waals surface area contributed by atoms with Gasteiger partial charge in [0.15, 0.2) is 6.10 Å². The van der Waals surface area contributed by atoms with Gasteiger partial charge in [0.1, 0.15) is 5.75 Å². The summed E-state index contributed by atoms with van der Waals surface area (Å²) in [6.45, 7) is 3.64. The normalized spacial score (nSPS) is 12.8. The molecule has 1 aromatic rings. The van der Waals surface area contributed by atoms with Gasteiger partial charge in [-0.3, -0.25) is 9.59 Å². The van der Waals surface area contributed by atoms with E-state index >= 15 is 0 Å². The molecule has 2 atom stereocenters. The van der Waals surface area contributed by atoms with Crippen LogP contribution in [0.25, 0.3) is 0 Å². The number of rotatable bonds is 7. The number of carboxylic acid groups (broad SMARTS) is 1. The first kappa shape index (κ1) is 16.5. The first-order valence-corrected chi connectivity index (χ1v) is 6.58. The molecule has 0 aromatic heterocycles. The predicted molar refractivity (Wildman–Crippen MR) is 75.7 cm³/mol. The molecule has 0 radical (unpaired) electrons. The standard InChI is InChI=1S/C15H18N2O4/c1-10(7-14(18)19)9-17-15(20)11(2)21-13-5-3-12(8-16)4-6-13/h3-6,10-11H,7,9H2,1-2H3,(H,17,20)(H,18,19). The molecule has 0 bridgehead atoms. The molecule has 6 nitrogen and oxygen atoms in total. The minimum Gasteiger partial charge on any atom is -0.481 e. The molecule has 1 rings (SSSR count). The van der Waals surface area contributed by atoms with E-state index in [2.05, 4.69) is 5.32 Å². The molecular formula is C15H18N2O4. The Morgan fingerprint density at radius 2 is 1.95 bits per heavy atom. The van der Waals surface area contributed by atoms with Crippen LogP contribution < -0.4 is 10.1 Å². The SMILES string of the molecule is CC(CNC(=O)C(C)Oc1ccc(C#N)cc1)CC(=O)O. The van der Waals surface area contributed by atoms with Gasteiger partial charge in [-0.1, -0.05) is 6.92 Å². The van der Waals surface area contributed by atoms with Crippen molar-refractivity contribution in [3.05, 3.63) is 29.8 Å². The Morgan fingerprint density at radius 3 is 2.48 bits per heavy atom. The summed E-state index contributed by atoms with van der Waals surface area (Å²) < 4.78 is 5.45. The van der Waals surface area contributed by atoms with Crippen LogP contribution in [0.1, 0.15) is 25.8 Å². The number of carbonyl (C=O) groups is 2. The Bertz CT molecular complexity index is 534. The zero-order valence-electron chi connectivity index (χ0n) is 12.0. The molecule has 0 aliphatic rings. The van der Waals surface area contributed by atoms with Crippen molar-refractivity contribution in [1.29, 1.82) is 5.26 Å². The molecule has 0 saturated carbocycles. The van der Waals surface area contributed by atoms with Crippen molar-refractivity contribution in [2.75, 3.05) is 6.54 Å². The van der Waals surface area contributed by atoms with Crippen LogP contribution in [0.5, 0.6) is 5.75 Å². The Morgan fingerprint density at radius 1 is 1.33 bits per heavy atom. The van der Waals surface area contributed by atoms with E-state index in [9.17, 15) is 9.59 Å². The number of nitrogens with zero attached hydrogens (tertiary/aromatic N) is 1. The second-order valence-electron chi connectivity index (χ2n) is 4.84. The number of nitriles is 1. The van der Waals surface area contributed by atoms with Crippen molar-refractivity contribution < 1.29 is 19.4 Å². The third-order valence-electron chi connectivity index (χ3n) is 2.81. The lowest BCUT2D eigenvalue weighted by atomic mass is 10.1. The van der Waals surface area contributed by atoms with Gasteiger partial charge >= 0.3 is 5.97 Å². The number of carbonyl (C=O) groups excluding carboxylic acids is 1. The summed E-state index contributed by atoms with van der Waals surface area (Å²) in [6.07, 6.45) is -0.694. The monoisotopic (exact) mass is 290 g/mol. The molecule has 1 amide bonds. The van der Waals surface area contributed by atoms with Crippen LogP contribution in [0.4, 0.5) is 0 Å². The van der Waals surface area contributed by atoms with Crippen molar-refractivity contribution in [3.8, 4) is 11.8 Å². The highest BCUT2D eigenvalue weighted by atomic mass is 16.5. The molecule has 21 heavy (non-hydrogen) atoms. The van der Waals surface area contributed by atoms with Gasteiger partial charge in [0, 0.05) is 13.0 Å². The highest BCUT2D eigenvalue weighted by molar-refractivity contribution is 5.80. The van der Waals surface area contributed by atoms with Crippen LogP contribution in [0.2, 0.25) is 0 Å². The van der Waals surface area contributed by atoms with Crippen LogP contribution in [0, 0.1) is 17.2 Å². The van der Waals surface area contributed by atoms with Crippen LogP contribution in [0.3, 0.4) is 0 Å². The third kappa shape index (κ3) is 5.95. The van der Waals surface area contributed by atoms with Gasteiger partial charge in [-0.05, 0) is 37.1 Å². The largest absolute Gasteiger partial charge is 0.481 e. The molecule has 112 valence electrons. The zero-order valence-corrected chi connectivity index (χ0v) is 12.0. The fourth-order valence-corrected chi connectivity index (χ4v) is 1.65. The highest BCUT2D eigenvalue weighted by Crippen LogP contribution is 2.13. The lowest BCUT2D eigenvalue weighted by Crippen LogP contribution is -2.38. The van der Waals surface area contributed by atoms with E-state index in [1.807, 2.05) is 6.07 Å². The molecule has 6 heteroatoms. The quantitative estimate of drug-likeness (QED) is 0.793. The highest BCUT2D eigenvalue weighted by Gasteiger charge is 2.16. The number of hydrogen-bond donors (Lipinski definition) is 2. The summed E-state index contributed by atoms with van der Waals surface area (Å²) in [5.74, 6) is -0.848. The van der Waals surface area contributed by atoms with E-state index < -0.39 is 12.1 Å². The van der Waals surface area contributed by atoms with Crippen molar-refractivity contribution in [2.24, 2.45) is 5.92 Å². The first-order chi connectivity index (χ1) is 9.92. The maximum atomic E-state index is 11.8. The third-order valence-corrected chi connectivity index (χ3v) is 2.81. The number of benzene rings is 1. The Balaban J connectivity index is 2.43. The summed E-state index contributed by atoms with van der Waals surface area (Å²) >= 11 is 0. The maximum absolute atomic E-state index is 11.8. The zero-order chi connectivity index (χ0) is 15.8. The number of nitrogens with one attached hydrogen (secondary N) is 1. The number of amides is 1. The van der Waals surface area contributed by atoms with E-state index in [0.717, 1.165) is 0 Å².